The Kier molecular flexibility index (Phi) is 5.04. The van der Waals surface area contributed by atoms with E-state index < -0.39 is 0 Å². The molecule has 5 heteroatoms. The summed E-state index contributed by atoms with van der Waals surface area (Å²) in [4.78, 5) is 14.7. The molecule has 3 N–H and O–H groups in total. The fraction of sp³-hybridized carbons (Fsp3) is 0.400. The zero-order chi connectivity index (χ0) is 14.5. The number of aromatic amines is 1. The Labute approximate surface area is 123 Å². The number of H-pyrrole nitrogens is 1. The second-order valence-electron chi connectivity index (χ2n) is 5.15. The third kappa shape index (κ3) is 3.99. The van der Waals surface area contributed by atoms with E-state index in [2.05, 4.69) is 15.6 Å². The Morgan fingerprint density at radius 3 is 2.95 bits per heavy atom. The number of halogens is 1. The van der Waals surface area contributed by atoms with Crippen LogP contribution in [-0.4, -0.2) is 23.5 Å². The molecule has 0 unspecified atom stereocenters. The quantitative estimate of drug-likeness (QED) is 0.717. The van der Waals surface area contributed by atoms with Gasteiger partial charge in [-0.2, -0.15) is 0 Å². The first-order valence-electron chi connectivity index (χ1n) is 6.82. The number of hydrogen-bond donors (Lipinski definition) is 3. The lowest BCUT2D eigenvalue weighted by Crippen LogP contribution is -2.32. The maximum atomic E-state index is 11.5. The molecule has 108 valence electrons. The largest absolute Gasteiger partial charge is 0.361 e. The first-order valence-corrected chi connectivity index (χ1v) is 7.19. The molecule has 4 nitrogen and oxygen atoms in total. The smallest absolute Gasteiger partial charge is 0.221 e. The van der Waals surface area contributed by atoms with Gasteiger partial charge in [0.05, 0.1) is 0 Å². The number of nitrogens with one attached hydrogen (secondary N) is 3. The Hall–Kier alpha value is -1.52. The monoisotopic (exact) mass is 293 g/mol. The highest BCUT2D eigenvalue weighted by atomic mass is 35.5. The SMILES string of the molecule is CC(C)NC(=O)CCNCc1c[nH]c2cc(Cl)ccc12. The summed E-state index contributed by atoms with van der Waals surface area (Å²) in [5.41, 5.74) is 2.22. The highest BCUT2D eigenvalue weighted by Crippen LogP contribution is 2.21. The van der Waals surface area contributed by atoms with E-state index in [9.17, 15) is 4.79 Å². The maximum absolute atomic E-state index is 11.5. The molecule has 1 aromatic carbocycles. The van der Waals surface area contributed by atoms with Gasteiger partial charge in [-0.05, 0) is 31.5 Å². The van der Waals surface area contributed by atoms with Gasteiger partial charge in [0.2, 0.25) is 5.91 Å². The van der Waals surface area contributed by atoms with E-state index in [4.69, 9.17) is 11.6 Å². The Morgan fingerprint density at radius 1 is 1.40 bits per heavy atom. The molecule has 0 saturated carbocycles. The van der Waals surface area contributed by atoms with E-state index in [0.717, 1.165) is 22.5 Å². The maximum Gasteiger partial charge on any atom is 0.221 e. The summed E-state index contributed by atoms with van der Waals surface area (Å²) in [6, 6.07) is 6.01. The molecular weight excluding hydrogens is 274 g/mol. The minimum Gasteiger partial charge on any atom is -0.361 e. The fourth-order valence-corrected chi connectivity index (χ4v) is 2.30. The Balaban J connectivity index is 1.83. The van der Waals surface area contributed by atoms with Crippen LogP contribution in [0, 0.1) is 0 Å². The molecule has 0 fully saturated rings. The third-order valence-electron chi connectivity index (χ3n) is 3.02. The summed E-state index contributed by atoms with van der Waals surface area (Å²) in [6.45, 7) is 5.32. The van der Waals surface area contributed by atoms with Gasteiger partial charge >= 0.3 is 0 Å². The van der Waals surface area contributed by atoms with Crippen LogP contribution in [0.15, 0.2) is 24.4 Å². The minimum atomic E-state index is 0.0817. The predicted octanol–water partition coefficient (Wildman–Crippen LogP) is 2.83. The van der Waals surface area contributed by atoms with Crippen molar-refractivity contribution in [2.24, 2.45) is 0 Å². The average Bonchev–Trinajstić information content (AvgIpc) is 2.76. The van der Waals surface area contributed by atoms with Gasteiger partial charge in [-0.15, -0.1) is 0 Å². The van der Waals surface area contributed by atoms with Crippen molar-refractivity contribution in [2.75, 3.05) is 6.54 Å². The molecule has 0 spiro atoms. The van der Waals surface area contributed by atoms with Crippen molar-refractivity contribution in [3.8, 4) is 0 Å². The summed E-state index contributed by atoms with van der Waals surface area (Å²) in [6.07, 6.45) is 2.47. The molecular formula is C15H20ClN3O. The van der Waals surface area contributed by atoms with Gasteiger partial charge in [0.15, 0.2) is 0 Å². The number of aromatic nitrogens is 1. The normalized spacial score (nSPS) is 11.2. The fourth-order valence-electron chi connectivity index (χ4n) is 2.12. The zero-order valence-corrected chi connectivity index (χ0v) is 12.6. The zero-order valence-electron chi connectivity index (χ0n) is 11.8. The molecule has 0 aliphatic heterocycles. The number of rotatable bonds is 6. The van der Waals surface area contributed by atoms with E-state index >= 15 is 0 Å². The summed E-state index contributed by atoms with van der Waals surface area (Å²) >= 11 is 5.95. The number of carbonyl (C=O) groups is 1. The van der Waals surface area contributed by atoms with Crippen LogP contribution in [0.4, 0.5) is 0 Å². The van der Waals surface area contributed by atoms with Gasteiger partial charge in [0, 0.05) is 47.7 Å². The molecule has 0 saturated heterocycles. The topological polar surface area (TPSA) is 56.9 Å². The van der Waals surface area contributed by atoms with Gasteiger partial charge in [-0.1, -0.05) is 17.7 Å². The van der Waals surface area contributed by atoms with Crippen molar-refractivity contribution < 1.29 is 4.79 Å². The van der Waals surface area contributed by atoms with Crippen molar-refractivity contribution in [1.82, 2.24) is 15.6 Å². The molecule has 1 aromatic heterocycles. The van der Waals surface area contributed by atoms with E-state index in [1.807, 2.05) is 38.2 Å². The number of carbonyl (C=O) groups excluding carboxylic acids is 1. The first-order chi connectivity index (χ1) is 9.56. The molecule has 0 aliphatic carbocycles. The molecule has 0 atom stereocenters. The summed E-state index contributed by atoms with van der Waals surface area (Å²) < 4.78 is 0. The third-order valence-corrected chi connectivity index (χ3v) is 3.26. The summed E-state index contributed by atoms with van der Waals surface area (Å²) in [5.74, 6) is 0.0817. The van der Waals surface area contributed by atoms with Crippen molar-refractivity contribution in [2.45, 2.75) is 32.9 Å². The van der Waals surface area contributed by atoms with Crippen LogP contribution in [-0.2, 0) is 11.3 Å². The molecule has 0 radical (unpaired) electrons. The summed E-state index contributed by atoms with van der Waals surface area (Å²) in [7, 11) is 0. The van der Waals surface area contributed by atoms with Gasteiger partial charge < -0.3 is 15.6 Å². The molecule has 2 aromatic rings. The molecule has 0 bridgehead atoms. The number of hydrogen-bond acceptors (Lipinski definition) is 2. The molecule has 2 rings (SSSR count). The highest BCUT2D eigenvalue weighted by molar-refractivity contribution is 6.31. The van der Waals surface area contributed by atoms with Gasteiger partial charge in [-0.25, -0.2) is 0 Å². The van der Waals surface area contributed by atoms with E-state index in [1.54, 1.807) is 0 Å². The number of amides is 1. The van der Waals surface area contributed by atoms with Crippen LogP contribution in [0.5, 0.6) is 0 Å². The van der Waals surface area contributed by atoms with Crippen molar-refractivity contribution in [1.29, 1.82) is 0 Å². The number of fused-ring (bicyclic) bond motifs is 1. The van der Waals surface area contributed by atoms with Gasteiger partial charge in [0.1, 0.15) is 0 Å². The van der Waals surface area contributed by atoms with Crippen molar-refractivity contribution in [3.63, 3.8) is 0 Å². The lowest BCUT2D eigenvalue weighted by Gasteiger charge is -2.08. The van der Waals surface area contributed by atoms with Crippen LogP contribution in [0.25, 0.3) is 10.9 Å². The van der Waals surface area contributed by atoms with Crippen LogP contribution < -0.4 is 10.6 Å². The number of benzene rings is 1. The van der Waals surface area contributed by atoms with E-state index in [-0.39, 0.29) is 11.9 Å². The van der Waals surface area contributed by atoms with Gasteiger partial charge in [-0.3, -0.25) is 4.79 Å². The average molecular weight is 294 g/mol. The van der Waals surface area contributed by atoms with Crippen LogP contribution in [0.1, 0.15) is 25.8 Å². The Morgan fingerprint density at radius 2 is 2.20 bits per heavy atom. The van der Waals surface area contributed by atoms with Gasteiger partial charge in [0.25, 0.3) is 0 Å². The second-order valence-corrected chi connectivity index (χ2v) is 5.59. The van der Waals surface area contributed by atoms with E-state index in [1.165, 1.54) is 5.56 Å². The standard InChI is InChI=1S/C15H20ClN3O/c1-10(2)19-15(20)5-6-17-8-11-9-18-14-7-12(16)3-4-13(11)14/h3-4,7,9-10,17-18H,5-6,8H2,1-2H3,(H,19,20). The second kappa shape index (κ2) is 6.77. The van der Waals surface area contributed by atoms with Crippen molar-refractivity contribution >= 4 is 28.4 Å². The van der Waals surface area contributed by atoms with Crippen molar-refractivity contribution in [3.05, 3.63) is 35.0 Å². The molecule has 1 heterocycles. The summed E-state index contributed by atoms with van der Waals surface area (Å²) in [5, 5.41) is 8.04. The van der Waals surface area contributed by atoms with Crippen LogP contribution >= 0.6 is 11.6 Å². The van der Waals surface area contributed by atoms with Crippen LogP contribution in [0.2, 0.25) is 5.02 Å². The first kappa shape index (κ1) is 14.9. The molecule has 20 heavy (non-hydrogen) atoms. The molecule has 0 aliphatic rings. The molecule has 1 amide bonds. The van der Waals surface area contributed by atoms with Crippen LogP contribution in [0.3, 0.4) is 0 Å². The lowest BCUT2D eigenvalue weighted by molar-refractivity contribution is -0.121. The lowest BCUT2D eigenvalue weighted by atomic mass is 10.2. The Bertz CT molecular complexity index is 592. The minimum absolute atomic E-state index is 0.0817. The van der Waals surface area contributed by atoms with E-state index in [0.29, 0.717) is 13.0 Å². The predicted molar refractivity (Wildman–Crippen MR) is 82.9 cm³/mol. The highest BCUT2D eigenvalue weighted by Gasteiger charge is 2.05.